The van der Waals surface area contributed by atoms with Gasteiger partial charge in [-0.25, -0.2) is 0 Å². The number of nitrogens with zero attached hydrogens (tertiary/aromatic N) is 1. The predicted octanol–water partition coefficient (Wildman–Crippen LogP) is -7.36. The van der Waals surface area contributed by atoms with Gasteiger partial charge in [0.1, 0.15) is 0 Å². The standard InChI is InChI=1S/C16H36N.Al.4HI/c1-5-9-13-17(14-10-6-2,15-11-7-3)16-12-8-4;;;;;/h5-16H2,1-4H3;;4*1H/q+1;+3;;;;/p-4. The van der Waals surface area contributed by atoms with Gasteiger partial charge in [-0.3, -0.25) is 0 Å². The molecule has 0 rings (SSSR count). The van der Waals surface area contributed by atoms with Gasteiger partial charge in [-0.15, -0.1) is 0 Å². The van der Waals surface area contributed by atoms with Crippen LogP contribution in [0.5, 0.6) is 0 Å². The molecule has 0 atom stereocenters. The first kappa shape index (κ1) is 40.2. The molecule has 0 spiro atoms. The van der Waals surface area contributed by atoms with Crippen molar-refractivity contribution in [3.63, 3.8) is 0 Å². The fourth-order valence-corrected chi connectivity index (χ4v) is 2.64. The second-order valence-corrected chi connectivity index (χ2v) is 5.65. The van der Waals surface area contributed by atoms with Gasteiger partial charge in [-0.2, -0.15) is 0 Å². The van der Waals surface area contributed by atoms with Crippen LogP contribution in [-0.2, 0) is 0 Å². The van der Waals surface area contributed by atoms with Crippen LogP contribution < -0.4 is 95.9 Å². The largest absolute Gasteiger partial charge is 3.00 e. The maximum absolute atomic E-state index is 2.33. The van der Waals surface area contributed by atoms with Gasteiger partial charge in [0.15, 0.2) is 0 Å². The summed E-state index contributed by atoms with van der Waals surface area (Å²) in [5, 5.41) is 0. The molecule has 0 saturated carbocycles. The van der Waals surface area contributed by atoms with Crippen LogP contribution in [0.1, 0.15) is 79.1 Å². The van der Waals surface area contributed by atoms with E-state index in [2.05, 4.69) is 27.7 Å². The SMILES string of the molecule is CCCC[N+](CCCC)(CCCC)CCCC.[Al+3].[I-].[I-].[I-].[I-]. The number of unbranched alkanes of at least 4 members (excludes halogenated alkanes) is 4. The molecule has 0 unspecified atom stereocenters. The monoisotopic (exact) mass is 777 g/mol. The maximum atomic E-state index is 2.33. The van der Waals surface area contributed by atoms with Crippen molar-refractivity contribution in [1.29, 1.82) is 0 Å². The minimum absolute atomic E-state index is 0. The molecule has 0 aromatic heterocycles. The fraction of sp³-hybridized carbons (Fsp3) is 1.00. The van der Waals surface area contributed by atoms with Gasteiger partial charge >= 0.3 is 17.4 Å². The topological polar surface area (TPSA) is 0 Å². The van der Waals surface area contributed by atoms with Crippen molar-refractivity contribution in [2.24, 2.45) is 0 Å². The van der Waals surface area contributed by atoms with E-state index in [0.717, 1.165) is 0 Å². The van der Waals surface area contributed by atoms with Crippen LogP contribution in [0.2, 0.25) is 0 Å². The Kier molecular flexibility index (Phi) is 53.3. The quantitative estimate of drug-likeness (QED) is 0.105. The number of halogens is 4. The molecule has 1 nitrogen and oxygen atoms in total. The molecule has 0 aromatic carbocycles. The van der Waals surface area contributed by atoms with E-state index in [1.165, 1.54) is 82.0 Å². The van der Waals surface area contributed by atoms with E-state index in [-0.39, 0.29) is 113 Å². The van der Waals surface area contributed by atoms with Gasteiger partial charge in [0.25, 0.3) is 0 Å². The normalized spacial score (nSPS) is 9.27. The predicted molar refractivity (Wildman–Crippen MR) is 85.1 cm³/mol. The average molecular weight is 777 g/mol. The molecule has 0 N–H and O–H groups in total. The fourth-order valence-electron chi connectivity index (χ4n) is 2.64. The Morgan fingerprint density at radius 2 is 0.636 bits per heavy atom. The third kappa shape index (κ3) is 21.5. The van der Waals surface area contributed by atoms with Gasteiger partial charge in [-0.1, -0.05) is 53.4 Å². The molecule has 0 heterocycles. The van der Waals surface area contributed by atoms with Gasteiger partial charge < -0.3 is 100 Å². The Morgan fingerprint density at radius 3 is 0.773 bits per heavy atom. The Hall–Kier alpha value is 3.41. The van der Waals surface area contributed by atoms with Crippen molar-refractivity contribution in [2.75, 3.05) is 26.2 Å². The first-order chi connectivity index (χ1) is 8.24. The molecule has 0 aliphatic heterocycles. The Balaban J connectivity index is -0.000000128. The van der Waals surface area contributed by atoms with E-state index in [1.54, 1.807) is 0 Å². The molecular formula is C16H36AlI4N. The average Bonchev–Trinajstić information content (AvgIpc) is 2.37. The summed E-state index contributed by atoms with van der Waals surface area (Å²) in [5.41, 5.74) is 0. The van der Waals surface area contributed by atoms with Gasteiger partial charge in [-0.05, 0) is 25.7 Å². The van der Waals surface area contributed by atoms with Crippen LogP contribution >= 0.6 is 0 Å². The summed E-state index contributed by atoms with van der Waals surface area (Å²) in [6, 6.07) is 0. The first-order valence-corrected chi connectivity index (χ1v) is 8.09. The van der Waals surface area contributed by atoms with E-state index in [1.807, 2.05) is 0 Å². The molecule has 0 aromatic rings. The van der Waals surface area contributed by atoms with E-state index < -0.39 is 0 Å². The zero-order valence-corrected chi connectivity index (χ0v) is 24.8. The summed E-state index contributed by atoms with van der Waals surface area (Å²) in [6.07, 6.45) is 11.1. The van der Waals surface area contributed by atoms with Crippen molar-refractivity contribution in [3.8, 4) is 0 Å². The van der Waals surface area contributed by atoms with Gasteiger partial charge in [0.05, 0.1) is 26.2 Å². The molecule has 0 bridgehead atoms. The molecule has 0 saturated heterocycles. The summed E-state index contributed by atoms with van der Waals surface area (Å²) in [6.45, 7) is 15.0. The molecular weight excluding hydrogens is 741 g/mol. The molecule has 0 aliphatic rings. The molecule has 136 valence electrons. The smallest absolute Gasteiger partial charge is 1.00 e. The maximum Gasteiger partial charge on any atom is 3.00 e. The second-order valence-electron chi connectivity index (χ2n) is 5.65. The molecule has 6 heteroatoms. The summed E-state index contributed by atoms with van der Waals surface area (Å²) in [4.78, 5) is 0. The van der Waals surface area contributed by atoms with Crippen LogP contribution in [0.4, 0.5) is 0 Å². The molecule has 0 radical (unpaired) electrons. The van der Waals surface area contributed by atoms with Crippen LogP contribution in [0.15, 0.2) is 0 Å². The van der Waals surface area contributed by atoms with Gasteiger partial charge in [0, 0.05) is 0 Å². The Bertz CT molecular complexity index is 137. The van der Waals surface area contributed by atoms with E-state index in [0.29, 0.717) is 0 Å². The summed E-state index contributed by atoms with van der Waals surface area (Å²) < 4.78 is 1.42. The first-order valence-electron chi connectivity index (χ1n) is 8.09. The number of hydrogen-bond acceptors (Lipinski definition) is 0. The summed E-state index contributed by atoms with van der Waals surface area (Å²) >= 11 is 0. The summed E-state index contributed by atoms with van der Waals surface area (Å²) in [7, 11) is 0. The molecule has 0 amide bonds. The van der Waals surface area contributed by atoms with Crippen molar-refractivity contribution in [1.82, 2.24) is 0 Å². The van der Waals surface area contributed by atoms with Crippen molar-refractivity contribution in [2.45, 2.75) is 79.1 Å². The number of quaternary nitrogens is 1. The Labute approximate surface area is 220 Å². The van der Waals surface area contributed by atoms with Crippen molar-refractivity contribution in [3.05, 3.63) is 0 Å². The minimum atomic E-state index is 0. The van der Waals surface area contributed by atoms with Crippen LogP contribution in [-0.4, -0.2) is 48.0 Å². The number of hydrogen-bond donors (Lipinski definition) is 0. The van der Waals surface area contributed by atoms with Crippen molar-refractivity contribution >= 4 is 17.4 Å². The third-order valence-electron chi connectivity index (χ3n) is 3.94. The van der Waals surface area contributed by atoms with Crippen LogP contribution in [0.3, 0.4) is 0 Å². The molecule has 0 aliphatic carbocycles. The molecule has 0 fully saturated rings. The number of rotatable bonds is 12. The summed E-state index contributed by atoms with van der Waals surface area (Å²) in [5.74, 6) is 0. The Morgan fingerprint density at radius 1 is 0.455 bits per heavy atom. The molecule has 22 heavy (non-hydrogen) atoms. The zero-order chi connectivity index (χ0) is 13.0. The minimum Gasteiger partial charge on any atom is -1.00 e. The van der Waals surface area contributed by atoms with E-state index in [9.17, 15) is 0 Å². The van der Waals surface area contributed by atoms with E-state index in [4.69, 9.17) is 0 Å². The van der Waals surface area contributed by atoms with Crippen LogP contribution in [0, 0.1) is 0 Å². The van der Waals surface area contributed by atoms with E-state index >= 15 is 0 Å². The second kappa shape index (κ2) is 29.2. The van der Waals surface area contributed by atoms with Gasteiger partial charge in [0.2, 0.25) is 0 Å². The third-order valence-corrected chi connectivity index (χ3v) is 3.94. The van der Waals surface area contributed by atoms with Crippen molar-refractivity contribution < 1.29 is 100 Å². The van der Waals surface area contributed by atoms with Crippen LogP contribution in [0.25, 0.3) is 0 Å². The zero-order valence-electron chi connectivity index (χ0n) is 15.0.